The van der Waals surface area contributed by atoms with Crippen LogP contribution >= 0.6 is 0 Å². The number of rotatable bonds is 9. The molecule has 1 saturated heterocycles. The first-order valence-corrected chi connectivity index (χ1v) is 8.13. The summed E-state index contributed by atoms with van der Waals surface area (Å²) in [4.78, 5) is 14.4. The molecule has 0 aromatic heterocycles. The molecular formula is C16H31NO2. The van der Waals surface area contributed by atoms with Crippen LogP contribution in [0.2, 0.25) is 0 Å². The molecule has 1 fully saturated rings. The van der Waals surface area contributed by atoms with Crippen LogP contribution in [0.4, 0.5) is 0 Å². The SMILES string of the molecule is CCCCN(CCCC)C(=O)CCC1CCOCC1. The van der Waals surface area contributed by atoms with Crippen molar-refractivity contribution in [3.8, 4) is 0 Å². The number of hydrogen-bond acceptors (Lipinski definition) is 2. The summed E-state index contributed by atoms with van der Waals surface area (Å²) >= 11 is 0. The number of nitrogens with zero attached hydrogens (tertiary/aromatic N) is 1. The summed E-state index contributed by atoms with van der Waals surface area (Å²) in [6.45, 7) is 8.03. The second-order valence-corrected chi connectivity index (χ2v) is 5.68. The minimum atomic E-state index is 0.369. The van der Waals surface area contributed by atoms with Gasteiger partial charge in [0.25, 0.3) is 0 Å². The van der Waals surface area contributed by atoms with Gasteiger partial charge in [0.1, 0.15) is 0 Å². The van der Waals surface area contributed by atoms with Gasteiger partial charge in [-0.25, -0.2) is 0 Å². The molecule has 0 atom stereocenters. The summed E-state index contributed by atoms with van der Waals surface area (Å²) in [6, 6.07) is 0. The van der Waals surface area contributed by atoms with Gasteiger partial charge in [0, 0.05) is 32.7 Å². The van der Waals surface area contributed by atoms with Crippen molar-refractivity contribution in [3.05, 3.63) is 0 Å². The van der Waals surface area contributed by atoms with Crippen molar-refractivity contribution in [2.45, 2.75) is 65.2 Å². The lowest BCUT2D eigenvalue weighted by Gasteiger charge is -2.25. The highest BCUT2D eigenvalue weighted by Gasteiger charge is 2.17. The van der Waals surface area contributed by atoms with E-state index in [2.05, 4.69) is 18.7 Å². The fourth-order valence-corrected chi connectivity index (χ4v) is 2.58. The molecule has 3 heteroatoms. The van der Waals surface area contributed by atoms with Crippen molar-refractivity contribution in [1.29, 1.82) is 0 Å². The number of carbonyl (C=O) groups excluding carboxylic acids is 1. The highest BCUT2D eigenvalue weighted by atomic mass is 16.5. The number of ether oxygens (including phenoxy) is 1. The maximum Gasteiger partial charge on any atom is 0.222 e. The van der Waals surface area contributed by atoms with Crippen molar-refractivity contribution in [3.63, 3.8) is 0 Å². The highest BCUT2D eigenvalue weighted by molar-refractivity contribution is 5.76. The van der Waals surface area contributed by atoms with E-state index in [4.69, 9.17) is 4.74 Å². The van der Waals surface area contributed by atoms with Gasteiger partial charge in [-0.1, -0.05) is 26.7 Å². The maximum atomic E-state index is 12.3. The minimum absolute atomic E-state index is 0.369. The summed E-state index contributed by atoms with van der Waals surface area (Å²) < 4.78 is 5.36. The maximum absolute atomic E-state index is 12.3. The van der Waals surface area contributed by atoms with Crippen LogP contribution in [0.5, 0.6) is 0 Å². The van der Waals surface area contributed by atoms with Crippen molar-refractivity contribution in [2.24, 2.45) is 5.92 Å². The molecule has 0 aliphatic carbocycles. The van der Waals surface area contributed by atoms with Crippen LogP contribution in [0.25, 0.3) is 0 Å². The van der Waals surface area contributed by atoms with Gasteiger partial charge in [-0.2, -0.15) is 0 Å². The zero-order valence-electron chi connectivity index (χ0n) is 12.8. The van der Waals surface area contributed by atoms with Gasteiger partial charge in [0.05, 0.1) is 0 Å². The minimum Gasteiger partial charge on any atom is -0.381 e. The number of unbranched alkanes of at least 4 members (excludes halogenated alkanes) is 2. The first-order chi connectivity index (χ1) is 9.27. The van der Waals surface area contributed by atoms with E-state index in [0.29, 0.717) is 11.8 Å². The Balaban J connectivity index is 2.28. The summed E-state index contributed by atoms with van der Waals surface area (Å²) in [7, 11) is 0. The Kier molecular flexibility index (Phi) is 8.89. The molecule has 0 spiro atoms. The molecule has 112 valence electrons. The monoisotopic (exact) mass is 269 g/mol. The summed E-state index contributed by atoms with van der Waals surface area (Å²) in [6.07, 6.45) is 8.65. The Morgan fingerprint density at radius 2 is 1.68 bits per heavy atom. The molecule has 1 aliphatic rings. The van der Waals surface area contributed by atoms with Gasteiger partial charge in [-0.15, -0.1) is 0 Å². The number of carbonyl (C=O) groups is 1. The average molecular weight is 269 g/mol. The predicted molar refractivity (Wildman–Crippen MR) is 79.2 cm³/mol. The van der Waals surface area contributed by atoms with Crippen LogP contribution in [0.1, 0.15) is 65.2 Å². The third kappa shape index (κ3) is 6.95. The zero-order valence-corrected chi connectivity index (χ0v) is 12.8. The molecule has 3 nitrogen and oxygen atoms in total. The van der Waals surface area contributed by atoms with Crippen molar-refractivity contribution in [1.82, 2.24) is 4.90 Å². The van der Waals surface area contributed by atoms with Crippen molar-refractivity contribution in [2.75, 3.05) is 26.3 Å². The number of amides is 1. The van der Waals surface area contributed by atoms with E-state index >= 15 is 0 Å². The van der Waals surface area contributed by atoms with Crippen LogP contribution in [0, 0.1) is 5.92 Å². The van der Waals surface area contributed by atoms with Crippen LogP contribution in [-0.2, 0) is 9.53 Å². The second kappa shape index (κ2) is 10.2. The zero-order chi connectivity index (χ0) is 13.9. The Bertz CT molecular complexity index is 229. The lowest BCUT2D eigenvalue weighted by Crippen LogP contribution is -2.33. The van der Waals surface area contributed by atoms with Crippen LogP contribution in [-0.4, -0.2) is 37.1 Å². The molecule has 19 heavy (non-hydrogen) atoms. The van der Waals surface area contributed by atoms with Gasteiger partial charge in [-0.05, 0) is 38.0 Å². The van der Waals surface area contributed by atoms with Gasteiger partial charge >= 0.3 is 0 Å². The molecule has 1 amide bonds. The highest BCUT2D eigenvalue weighted by Crippen LogP contribution is 2.20. The van der Waals surface area contributed by atoms with E-state index in [1.807, 2.05) is 0 Å². The van der Waals surface area contributed by atoms with Crippen molar-refractivity contribution >= 4 is 5.91 Å². The lowest BCUT2D eigenvalue weighted by molar-refractivity contribution is -0.131. The van der Waals surface area contributed by atoms with Crippen LogP contribution < -0.4 is 0 Å². The molecular weight excluding hydrogens is 238 g/mol. The Morgan fingerprint density at radius 3 is 2.21 bits per heavy atom. The first-order valence-electron chi connectivity index (χ1n) is 8.13. The second-order valence-electron chi connectivity index (χ2n) is 5.68. The van der Waals surface area contributed by atoms with E-state index in [1.165, 1.54) is 0 Å². The number of hydrogen-bond donors (Lipinski definition) is 0. The molecule has 0 N–H and O–H groups in total. The molecule has 1 rings (SSSR count). The van der Waals surface area contributed by atoms with Gasteiger partial charge in [0.2, 0.25) is 5.91 Å². The van der Waals surface area contributed by atoms with Crippen LogP contribution in [0.3, 0.4) is 0 Å². The molecule has 1 heterocycles. The molecule has 0 unspecified atom stereocenters. The van der Waals surface area contributed by atoms with E-state index in [1.54, 1.807) is 0 Å². The standard InChI is InChI=1S/C16H31NO2/c1-3-5-11-17(12-6-4-2)16(18)8-7-15-9-13-19-14-10-15/h15H,3-14H2,1-2H3. The smallest absolute Gasteiger partial charge is 0.222 e. The largest absolute Gasteiger partial charge is 0.381 e. The third-order valence-electron chi connectivity index (χ3n) is 4.02. The van der Waals surface area contributed by atoms with E-state index in [9.17, 15) is 4.79 Å². The topological polar surface area (TPSA) is 29.5 Å². The van der Waals surface area contributed by atoms with Crippen molar-refractivity contribution < 1.29 is 9.53 Å². The fraction of sp³-hybridized carbons (Fsp3) is 0.938. The van der Waals surface area contributed by atoms with E-state index < -0.39 is 0 Å². The molecule has 0 aromatic rings. The predicted octanol–water partition coefficient (Wildman–Crippen LogP) is 3.62. The van der Waals surface area contributed by atoms with Gasteiger partial charge < -0.3 is 9.64 Å². The summed E-state index contributed by atoms with van der Waals surface area (Å²) in [5.41, 5.74) is 0. The molecule has 0 radical (unpaired) electrons. The summed E-state index contributed by atoms with van der Waals surface area (Å²) in [5, 5.41) is 0. The Labute approximate surface area is 118 Å². The lowest BCUT2D eigenvalue weighted by atomic mass is 9.94. The molecule has 0 saturated carbocycles. The fourth-order valence-electron chi connectivity index (χ4n) is 2.58. The first kappa shape index (κ1) is 16.5. The summed E-state index contributed by atoms with van der Waals surface area (Å²) in [5.74, 6) is 1.07. The van der Waals surface area contributed by atoms with Gasteiger partial charge in [0.15, 0.2) is 0 Å². The molecule has 1 aliphatic heterocycles. The Morgan fingerprint density at radius 1 is 1.11 bits per heavy atom. The third-order valence-corrected chi connectivity index (χ3v) is 4.02. The molecule has 0 aromatic carbocycles. The van der Waals surface area contributed by atoms with E-state index in [0.717, 1.165) is 77.7 Å². The molecule has 0 bridgehead atoms. The van der Waals surface area contributed by atoms with Crippen LogP contribution in [0.15, 0.2) is 0 Å². The Hall–Kier alpha value is -0.570. The average Bonchev–Trinajstić information content (AvgIpc) is 2.46. The normalized spacial score (nSPS) is 16.5. The van der Waals surface area contributed by atoms with E-state index in [-0.39, 0.29) is 0 Å². The quantitative estimate of drug-likeness (QED) is 0.640. The van der Waals surface area contributed by atoms with Gasteiger partial charge in [-0.3, -0.25) is 4.79 Å².